The molecular weight excluding hydrogens is 238 g/mol. The highest BCUT2D eigenvalue weighted by Gasteiger charge is 2.18. The third kappa shape index (κ3) is 3.28. The number of sulfonamides is 1. The van der Waals surface area contributed by atoms with Crippen molar-refractivity contribution in [3.05, 3.63) is 29.8 Å². The van der Waals surface area contributed by atoms with Crippen molar-refractivity contribution in [3.8, 4) is 12.1 Å². The Morgan fingerprint density at radius 3 is 2.29 bits per heavy atom. The fourth-order valence-corrected chi connectivity index (χ4v) is 2.39. The van der Waals surface area contributed by atoms with Gasteiger partial charge in [0.25, 0.3) is 0 Å². The summed E-state index contributed by atoms with van der Waals surface area (Å²) in [5, 5.41) is 17.3. The van der Waals surface area contributed by atoms with Gasteiger partial charge in [-0.1, -0.05) is 6.92 Å². The zero-order chi connectivity index (χ0) is 12.9. The lowest BCUT2D eigenvalue weighted by Crippen LogP contribution is -2.33. The van der Waals surface area contributed by atoms with E-state index in [-0.39, 0.29) is 4.90 Å². The molecule has 0 bridgehead atoms. The maximum absolute atomic E-state index is 11.8. The van der Waals surface area contributed by atoms with Crippen LogP contribution in [0.4, 0.5) is 0 Å². The lowest BCUT2D eigenvalue weighted by atomic mass is 10.2. The highest BCUT2D eigenvalue weighted by molar-refractivity contribution is 7.89. The Hall–Kier alpha value is -1.89. The number of nitrogens with one attached hydrogen (secondary N) is 1. The summed E-state index contributed by atoms with van der Waals surface area (Å²) in [7, 11) is -3.69. The molecule has 6 heteroatoms. The highest BCUT2D eigenvalue weighted by atomic mass is 32.2. The van der Waals surface area contributed by atoms with Gasteiger partial charge in [-0.05, 0) is 30.7 Å². The highest BCUT2D eigenvalue weighted by Crippen LogP contribution is 2.10. The molecule has 1 N–H and O–H groups in total. The van der Waals surface area contributed by atoms with Gasteiger partial charge in [0, 0.05) is 0 Å². The van der Waals surface area contributed by atoms with E-state index in [1.807, 2.05) is 12.1 Å². The van der Waals surface area contributed by atoms with Crippen LogP contribution >= 0.6 is 0 Å². The fraction of sp³-hybridized carbons (Fsp3) is 0.273. The monoisotopic (exact) mass is 249 g/mol. The van der Waals surface area contributed by atoms with Gasteiger partial charge < -0.3 is 0 Å². The maximum Gasteiger partial charge on any atom is 0.241 e. The Kier molecular flexibility index (Phi) is 4.22. The molecular formula is C11H11N3O2S. The van der Waals surface area contributed by atoms with Gasteiger partial charge in [-0.2, -0.15) is 15.2 Å². The number of benzene rings is 1. The molecule has 1 rings (SSSR count). The van der Waals surface area contributed by atoms with Crippen LogP contribution in [0.1, 0.15) is 18.9 Å². The van der Waals surface area contributed by atoms with Crippen LogP contribution in [0, 0.1) is 22.7 Å². The average molecular weight is 249 g/mol. The standard InChI is InChI=1S/C11H11N3O2S/c1-2-10(8-13)14-17(15,16)11-5-3-9(7-12)4-6-11/h3-6,10,14H,2H2,1H3. The number of rotatable bonds is 4. The molecule has 5 nitrogen and oxygen atoms in total. The smallest absolute Gasteiger partial charge is 0.207 e. The quantitative estimate of drug-likeness (QED) is 0.865. The lowest BCUT2D eigenvalue weighted by Gasteiger charge is -2.09. The minimum Gasteiger partial charge on any atom is -0.207 e. The maximum atomic E-state index is 11.8. The molecule has 0 radical (unpaired) electrons. The number of nitrogens with zero attached hydrogens (tertiary/aromatic N) is 2. The summed E-state index contributed by atoms with van der Waals surface area (Å²) in [6.45, 7) is 1.72. The van der Waals surface area contributed by atoms with E-state index in [0.29, 0.717) is 12.0 Å². The molecule has 1 aromatic rings. The SMILES string of the molecule is CCC(C#N)NS(=O)(=O)c1ccc(C#N)cc1. The second kappa shape index (κ2) is 5.44. The van der Waals surface area contributed by atoms with Crippen molar-refractivity contribution in [2.75, 3.05) is 0 Å². The van der Waals surface area contributed by atoms with Gasteiger partial charge in [-0.3, -0.25) is 0 Å². The van der Waals surface area contributed by atoms with Crippen LogP contribution in [-0.2, 0) is 10.0 Å². The van der Waals surface area contributed by atoms with Gasteiger partial charge in [0.1, 0.15) is 6.04 Å². The van der Waals surface area contributed by atoms with E-state index in [1.165, 1.54) is 24.3 Å². The van der Waals surface area contributed by atoms with Crippen LogP contribution in [0.25, 0.3) is 0 Å². The van der Waals surface area contributed by atoms with Crippen molar-refractivity contribution in [1.82, 2.24) is 4.72 Å². The zero-order valence-corrected chi connectivity index (χ0v) is 10.0. The van der Waals surface area contributed by atoms with E-state index >= 15 is 0 Å². The van der Waals surface area contributed by atoms with Crippen molar-refractivity contribution in [1.29, 1.82) is 10.5 Å². The minimum atomic E-state index is -3.69. The predicted molar refractivity (Wildman–Crippen MR) is 61.2 cm³/mol. The zero-order valence-electron chi connectivity index (χ0n) is 9.21. The van der Waals surface area contributed by atoms with Gasteiger partial charge in [-0.25, -0.2) is 8.42 Å². The van der Waals surface area contributed by atoms with E-state index in [2.05, 4.69) is 4.72 Å². The Bertz CT molecular complexity index is 564. The molecule has 0 spiro atoms. The Balaban J connectivity index is 2.98. The molecule has 0 saturated heterocycles. The summed E-state index contributed by atoms with van der Waals surface area (Å²) in [6, 6.07) is 8.53. The van der Waals surface area contributed by atoms with Crippen LogP contribution in [0.15, 0.2) is 29.2 Å². The minimum absolute atomic E-state index is 0.0465. The van der Waals surface area contributed by atoms with Crippen molar-refractivity contribution < 1.29 is 8.42 Å². The molecule has 0 fully saturated rings. The van der Waals surface area contributed by atoms with Crippen LogP contribution in [0.2, 0.25) is 0 Å². The normalized spacial score (nSPS) is 12.4. The Morgan fingerprint density at radius 1 is 1.29 bits per heavy atom. The predicted octanol–water partition coefficient (Wildman–Crippen LogP) is 1.14. The molecule has 0 saturated carbocycles. The van der Waals surface area contributed by atoms with Gasteiger partial charge in [0.05, 0.1) is 22.6 Å². The van der Waals surface area contributed by atoms with Gasteiger partial charge in [0.15, 0.2) is 0 Å². The van der Waals surface area contributed by atoms with E-state index in [9.17, 15) is 8.42 Å². The lowest BCUT2D eigenvalue weighted by molar-refractivity contribution is 0.569. The van der Waals surface area contributed by atoms with Crippen molar-refractivity contribution in [2.45, 2.75) is 24.3 Å². The molecule has 1 atom stereocenters. The summed E-state index contributed by atoms with van der Waals surface area (Å²) >= 11 is 0. The second-order valence-electron chi connectivity index (χ2n) is 3.35. The van der Waals surface area contributed by atoms with Crippen molar-refractivity contribution in [3.63, 3.8) is 0 Å². The third-order valence-corrected chi connectivity index (χ3v) is 3.64. The molecule has 88 valence electrons. The fourth-order valence-electron chi connectivity index (χ4n) is 1.16. The summed E-state index contributed by atoms with van der Waals surface area (Å²) < 4.78 is 25.9. The first-order valence-corrected chi connectivity index (χ1v) is 6.44. The number of hydrogen-bond acceptors (Lipinski definition) is 4. The summed E-state index contributed by atoms with van der Waals surface area (Å²) in [5.41, 5.74) is 0.385. The first-order valence-electron chi connectivity index (χ1n) is 4.95. The Labute approximate surface area is 100 Å². The van der Waals surface area contributed by atoms with E-state index in [0.717, 1.165) is 0 Å². The van der Waals surface area contributed by atoms with Crippen molar-refractivity contribution in [2.24, 2.45) is 0 Å². The van der Waals surface area contributed by atoms with Gasteiger partial charge in [-0.15, -0.1) is 0 Å². The number of hydrogen-bond donors (Lipinski definition) is 1. The van der Waals surface area contributed by atoms with E-state index in [1.54, 1.807) is 6.92 Å². The van der Waals surface area contributed by atoms with Crippen LogP contribution in [0.5, 0.6) is 0 Å². The third-order valence-electron chi connectivity index (χ3n) is 2.16. The molecule has 0 heterocycles. The van der Waals surface area contributed by atoms with Gasteiger partial charge >= 0.3 is 0 Å². The molecule has 0 aliphatic rings. The molecule has 1 unspecified atom stereocenters. The number of nitriles is 2. The van der Waals surface area contributed by atoms with Gasteiger partial charge in [0.2, 0.25) is 10.0 Å². The van der Waals surface area contributed by atoms with E-state index < -0.39 is 16.1 Å². The second-order valence-corrected chi connectivity index (χ2v) is 5.06. The Morgan fingerprint density at radius 2 is 1.88 bits per heavy atom. The summed E-state index contributed by atoms with van der Waals surface area (Å²) in [4.78, 5) is 0.0465. The first kappa shape index (κ1) is 13.2. The van der Waals surface area contributed by atoms with E-state index in [4.69, 9.17) is 10.5 Å². The molecule has 0 amide bonds. The molecule has 0 aliphatic carbocycles. The molecule has 0 aliphatic heterocycles. The molecule has 0 aromatic heterocycles. The topological polar surface area (TPSA) is 93.8 Å². The molecule has 17 heavy (non-hydrogen) atoms. The molecule has 1 aromatic carbocycles. The largest absolute Gasteiger partial charge is 0.241 e. The average Bonchev–Trinajstić information content (AvgIpc) is 2.36. The van der Waals surface area contributed by atoms with Crippen molar-refractivity contribution >= 4 is 10.0 Å². The van der Waals surface area contributed by atoms with Crippen LogP contribution in [0.3, 0.4) is 0 Å². The first-order chi connectivity index (χ1) is 8.03. The van der Waals surface area contributed by atoms with Crippen LogP contribution in [-0.4, -0.2) is 14.5 Å². The summed E-state index contributed by atoms with van der Waals surface area (Å²) in [6.07, 6.45) is 0.395. The van der Waals surface area contributed by atoms with Crippen LogP contribution < -0.4 is 4.72 Å². The summed E-state index contributed by atoms with van der Waals surface area (Å²) in [5.74, 6) is 0.